The monoisotopic (exact) mass is 354 g/mol. The van der Waals surface area contributed by atoms with Gasteiger partial charge in [0.25, 0.3) is 5.91 Å². The summed E-state index contributed by atoms with van der Waals surface area (Å²) in [5.74, 6) is -0.241. The number of nitrogens with one attached hydrogen (secondary N) is 2. The van der Waals surface area contributed by atoms with Crippen LogP contribution in [-0.2, 0) is 0 Å². The lowest BCUT2D eigenvalue weighted by atomic mass is 10.3. The highest BCUT2D eigenvalue weighted by Gasteiger charge is 2.24. The molecule has 1 aromatic heterocycles. The van der Waals surface area contributed by atoms with Crippen LogP contribution in [0.15, 0.2) is 28.7 Å². The van der Waals surface area contributed by atoms with E-state index in [1.807, 2.05) is 6.92 Å². The quantitative estimate of drug-likeness (QED) is 0.633. The number of rotatable bonds is 5. The molecule has 9 heteroatoms. The third-order valence-electron chi connectivity index (χ3n) is 2.51. The number of aromatic nitrogens is 2. The van der Waals surface area contributed by atoms with Gasteiger partial charge in [-0.25, -0.2) is 0 Å². The molecule has 0 aliphatic carbocycles. The Balaban J connectivity index is 2.12. The zero-order valence-corrected chi connectivity index (χ0v) is 12.5. The van der Waals surface area contributed by atoms with Gasteiger partial charge < -0.3 is 20.2 Å². The number of ether oxygens (including phenoxy) is 1. The summed E-state index contributed by atoms with van der Waals surface area (Å²) < 4.78 is 5.30. The molecule has 1 amide bonds. The van der Waals surface area contributed by atoms with Crippen LogP contribution in [0.4, 0.5) is 11.5 Å². The number of carbonyl (C=O) groups excluding carboxylic acids is 1. The molecule has 2 aromatic rings. The van der Waals surface area contributed by atoms with Crippen molar-refractivity contribution < 1.29 is 14.5 Å². The van der Waals surface area contributed by atoms with Crippen molar-refractivity contribution in [3.63, 3.8) is 0 Å². The standard InChI is InChI=1S/C12H11BrN4O4/c1-2-21-8-5-3-7(4-6-8)14-12(18)10-9(13)11(16-15-10)17(19)20/h3-6H,2H2,1H3,(H,14,18)(H,15,16). The van der Waals surface area contributed by atoms with Gasteiger partial charge >= 0.3 is 5.82 Å². The lowest BCUT2D eigenvalue weighted by Crippen LogP contribution is -2.13. The Morgan fingerprint density at radius 1 is 1.48 bits per heavy atom. The van der Waals surface area contributed by atoms with E-state index in [2.05, 4.69) is 31.4 Å². The van der Waals surface area contributed by atoms with Crippen LogP contribution >= 0.6 is 15.9 Å². The molecule has 0 saturated heterocycles. The zero-order valence-electron chi connectivity index (χ0n) is 10.9. The summed E-state index contributed by atoms with van der Waals surface area (Å²) in [6, 6.07) is 6.75. The minimum Gasteiger partial charge on any atom is -0.494 e. The highest BCUT2D eigenvalue weighted by molar-refractivity contribution is 9.10. The number of aromatic amines is 1. The molecule has 0 fully saturated rings. The minimum atomic E-state index is -0.662. The molecule has 0 aliphatic rings. The summed E-state index contributed by atoms with van der Waals surface area (Å²) in [7, 11) is 0. The van der Waals surface area contributed by atoms with Crippen molar-refractivity contribution in [3.8, 4) is 5.75 Å². The van der Waals surface area contributed by atoms with Crippen LogP contribution in [0, 0.1) is 10.1 Å². The molecule has 0 atom stereocenters. The summed E-state index contributed by atoms with van der Waals surface area (Å²) in [5, 5.41) is 19.1. The highest BCUT2D eigenvalue weighted by Crippen LogP contribution is 2.26. The van der Waals surface area contributed by atoms with Crippen LogP contribution in [0.25, 0.3) is 0 Å². The maximum atomic E-state index is 12.0. The molecule has 110 valence electrons. The Morgan fingerprint density at radius 3 is 2.67 bits per heavy atom. The van der Waals surface area contributed by atoms with E-state index in [9.17, 15) is 14.9 Å². The van der Waals surface area contributed by atoms with Gasteiger partial charge in [0.05, 0.1) is 6.61 Å². The van der Waals surface area contributed by atoms with Gasteiger partial charge in [-0.1, -0.05) is 5.10 Å². The number of carbonyl (C=O) groups is 1. The Labute approximate surface area is 127 Å². The van der Waals surface area contributed by atoms with Crippen molar-refractivity contribution in [2.75, 3.05) is 11.9 Å². The Morgan fingerprint density at radius 2 is 2.14 bits per heavy atom. The fraction of sp³-hybridized carbons (Fsp3) is 0.167. The lowest BCUT2D eigenvalue weighted by molar-refractivity contribution is -0.390. The molecule has 0 radical (unpaired) electrons. The summed E-state index contributed by atoms with van der Waals surface area (Å²) in [6.45, 7) is 2.42. The SMILES string of the molecule is CCOc1ccc(NC(=O)c2n[nH]c([N+](=O)[O-])c2Br)cc1. The summed E-state index contributed by atoms with van der Waals surface area (Å²) in [4.78, 5) is 22.0. The van der Waals surface area contributed by atoms with Gasteiger partial charge in [-0.3, -0.25) is 4.79 Å². The minimum absolute atomic E-state index is 0.0101. The van der Waals surface area contributed by atoms with E-state index < -0.39 is 10.8 Å². The molecule has 0 bridgehead atoms. The van der Waals surface area contributed by atoms with Crippen LogP contribution in [-0.4, -0.2) is 27.6 Å². The maximum Gasteiger partial charge on any atom is 0.357 e. The summed E-state index contributed by atoms with van der Waals surface area (Å²) in [6.07, 6.45) is 0. The van der Waals surface area contributed by atoms with E-state index in [1.165, 1.54) is 0 Å². The number of hydrogen-bond acceptors (Lipinski definition) is 5. The van der Waals surface area contributed by atoms with Crippen LogP contribution in [0.1, 0.15) is 17.4 Å². The maximum absolute atomic E-state index is 12.0. The van der Waals surface area contributed by atoms with Crippen molar-refractivity contribution in [2.45, 2.75) is 6.92 Å². The molecule has 1 heterocycles. The molecule has 0 saturated carbocycles. The predicted octanol–water partition coefficient (Wildman–Crippen LogP) is 2.73. The summed E-state index contributed by atoms with van der Waals surface area (Å²) >= 11 is 2.98. The first-order valence-electron chi connectivity index (χ1n) is 5.95. The highest BCUT2D eigenvalue weighted by atomic mass is 79.9. The molecule has 2 N–H and O–H groups in total. The van der Waals surface area contributed by atoms with E-state index >= 15 is 0 Å². The van der Waals surface area contributed by atoms with E-state index in [-0.39, 0.29) is 16.0 Å². The second-order valence-electron chi connectivity index (χ2n) is 3.90. The van der Waals surface area contributed by atoms with Crippen LogP contribution in [0.5, 0.6) is 5.75 Å². The molecule has 21 heavy (non-hydrogen) atoms. The number of benzene rings is 1. The van der Waals surface area contributed by atoms with Crippen LogP contribution < -0.4 is 10.1 Å². The first kappa shape index (κ1) is 15.0. The van der Waals surface area contributed by atoms with Gasteiger partial charge in [0.15, 0.2) is 5.69 Å². The van der Waals surface area contributed by atoms with E-state index in [1.54, 1.807) is 24.3 Å². The number of anilines is 1. The van der Waals surface area contributed by atoms with Crippen molar-refractivity contribution in [1.29, 1.82) is 0 Å². The Bertz CT molecular complexity index is 668. The number of H-pyrrole nitrogens is 1. The molecular weight excluding hydrogens is 344 g/mol. The molecule has 0 aliphatic heterocycles. The number of nitro groups is 1. The topological polar surface area (TPSA) is 110 Å². The van der Waals surface area contributed by atoms with E-state index in [0.29, 0.717) is 18.0 Å². The molecular formula is C12H11BrN4O4. The largest absolute Gasteiger partial charge is 0.494 e. The second kappa shape index (κ2) is 6.35. The fourth-order valence-electron chi connectivity index (χ4n) is 1.58. The molecule has 0 spiro atoms. The van der Waals surface area contributed by atoms with Crippen LogP contribution in [0.3, 0.4) is 0 Å². The first-order chi connectivity index (χ1) is 10.0. The van der Waals surface area contributed by atoms with Gasteiger partial charge in [0.2, 0.25) is 0 Å². The van der Waals surface area contributed by atoms with Crippen molar-refractivity contribution in [1.82, 2.24) is 10.2 Å². The number of nitrogens with zero attached hydrogens (tertiary/aromatic N) is 2. The van der Waals surface area contributed by atoms with E-state index in [0.717, 1.165) is 0 Å². The second-order valence-corrected chi connectivity index (χ2v) is 4.70. The smallest absolute Gasteiger partial charge is 0.357 e. The van der Waals surface area contributed by atoms with Gasteiger partial charge in [0.1, 0.15) is 10.2 Å². The molecule has 0 unspecified atom stereocenters. The van der Waals surface area contributed by atoms with Gasteiger partial charge in [0, 0.05) is 5.69 Å². The number of hydrogen-bond donors (Lipinski definition) is 2. The Hall–Kier alpha value is -2.42. The normalized spacial score (nSPS) is 10.2. The molecule has 2 rings (SSSR count). The zero-order chi connectivity index (χ0) is 15.4. The number of halogens is 1. The molecule has 8 nitrogen and oxygen atoms in total. The molecule has 1 aromatic carbocycles. The van der Waals surface area contributed by atoms with E-state index in [4.69, 9.17) is 4.74 Å². The van der Waals surface area contributed by atoms with Gasteiger partial charge in [-0.15, -0.1) is 5.10 Å². The van der Waals surface area contributed by atoms with Gasteiger partial charge in [-0.05, 0) is 52.0 Å². The third-order valence-corrected chi connectivity index (χ3v) is 3.26. The summed E-state index contributed by atoms with van der Waals surface area (Å²) in [5.41, 5.74) is 0.441. The average Bonchev–Trinajstić information content (AvgIpc) is 2.83. The van der Waals surface area contributed by atoms with Gasteiger partial charge in [-0.2, -0.15) is 0 Å². The third kappa shape index (κ3) is 3.37. The van der Waals surface area contributed by atoms with Crippen molar-refractivity contribution >= 4 is 33.3 Å². The fourth-order valence-corrected chi connectivity index (χ4v) is 2.08. The van der Waals surface area contributed by atoms with Crippen molar-refractivity contribution in [3.05, 3.63) is 44.5 Å². The first-order valence-corrected chi connectivity index (χ1v) is 6.74. The number of amides is 1. The Kier molecular flexibility index (Phi) is 4.53. The lowest BCUT2D eigenvalue weighted by Gasteiger charge is -2.05. The van der Waals surface area contributed by atoms with Crippen LogP contribution in [0.2, 0.25) is 0 Å². The predicted molar refractivity (Wildman–Crippen MR) is 78.5 cm³/mol. The average molecular weight is 355 g/mol. The van der Waals surface area contributed by atoms with Crippen molar-refractivity contribution in [2.24, 2.45) is 0 Å².